The maximum absolute atomic E-state index is 12.7. The largest absolute Gasteiger partial charge is 0.280 e. The van der Waals surface area contributed by atoms with Crippen LogP contribution in [-0.2, 0) is 15.8 Å². The zero-order valence-electron chi connectivity index (χ0n) is 10.6. The number of anilines is 1. The topological polar surface area (TPSA) is 74.8 Å². The second-order valence-electron chi connectivity index (χ2n) is 4.31. The predicted molar refractivity (Wildman–Crippen MR) is 70.7 cm³/mol. The molecule has 1 heterocycles. The van der Waals surface area contributed by atoms with Crippen molar-refractivity contribution in [3.05, 3.63) is 46.9 Å². The van der Waals surface area contributed by atoms with E-state index in [1.54, 1.807) is 13.8 Å². The van der Waals surface area contributed by atoms with Crippen LogP contribution in [0.4, 0.5) is 10.2 Å². The molecule has 0 unspecified atom stereocenters. The molecule has 0 aliphatic carbocycles. The van der Waals surface area contributed by atoms with Gasteiger partial charge in [-0.25, -0.2) is 12.8 Å². The van der Waals surface area contributed by atoms with Crippen LogP contribution in [0.1, 0.15) is 16.8 Å². The van der Waals surface area contributed by atoms with Gasteiger partial charge in [-0.2, -0.15) is 5.10 Å². The van der Waals surface area contributed by atoms with Crippen molar-refractivity contribution in [1.82, 2.24) is 10.2 Å². The summed E-state index contributed by atoms with van der Waals surface area (Å²) < 4.78 is 39.1. The molecule has 0 aliphatic heterocycles. The molecule has 0 saturated heterocycles. The summed E-state index contributed by atoms with van der Waals surface area (Å²) in [7, 11) is -3.56. The molecule has 2 rings (SSSR count). The summed E-state index contributed by atoms with van der Waals surface area (Å²) in [5.41, 5.74) is 2.07. The molecule has 0 spiro atoms. The summed E-state index contributed by atoms with van der Waals surface area (Å²) in [6, 6.07) is 5.35. The minimum atomic E-state index is -3.56. The predicted octanol–water partition coefficient (Wildman–Crippen LogP) is 2.11. The Kier molecular flexibility index (Phi) is 3.57. The van der Waals surface area contributed by atoms with Crippen molar-refractivity contribution in [2.75, 3.05) is 4.72 Å². The number of nitrogens with zero attached hydrogens (tertiary/aromatic N) is 1. The second kappa shape index (κ2) is 5.00. The van der Waals surface area contributed by atoms with Gasteiger partial charge in [0.05, 0.1) is 5.75 Å². The van der Waals surface area contributed by atoms with Crippen LogP contribution in [0.2, 0.25) is 0 Å². The van der Waals surface area contributed by atoms with Crippen molar-refractivity contribution < 1.29 is 12.8 Å². The number of sulfonamides is 1. The first-order chi connectivity index (χ1) is 8.87. The smallest absolute Gasteiger partial charge is 0.238 e. The highest BCUT2D eigenvalue weighted by atomic mass is 32.2. The van der Waals surface area contributed by atoms with Crippen LogP contribution in [0.3, 0.4) is 0 Å². The van der Waals surface area contributed by atoms with Crippen LogP contribution in [0.15, 0.2) is 24.3 Å². The molecule has 0 saturated carbocycles. The van der Waals surface area contributed by atoms with E-state index in [0.717, 1.165) is 11.3 Å². The van der Waals surface area contributed by atoms with Crippen molar-refractivity contribution in [3.8, 4) is 0 Å². The molecule has 0 fully saturated rings. The molecule has 0 amide bonds. The third kappa shape index (κ3) is 3.31. The summed E-state index contributed by atoms with van der Waals surface area (Å²) in [5, 5.41) is 6.59. The number of nitrogens with one attached hydrogen (secondary N) is 2. The fraction of sp³-hybridized carbons (Fsp3) is 0.250. The number of hydrogen-bond donors (Lipinski definition) is 2. The number of aryl methyl sites for hydroxylation is 1. The van der Waals surface area contributed by atoms with Gasteiger partial charge < -0.3 is 0 Å². The van der Waals surface area contributed by atoms with Gasteiger partial charge in [0.2, 0.25) is 10.0 Å². The summed E-state index contributed by atoms with van der Waals surface area (Å²) >= 11 is 0. The fourth-order valence-corrected chi connectivity index (χ4v) is 2.76. The molecular formula is C12H14FN3O2S. The molecule has 2 N–H and O–H groups in total. The first-order valence-electron chi connectivity index (χ1n) is 5.64. The van der Waals surface area contributed by atoms with Gasteiger partial charge in [0.1, 0.15) is 5.82 Å². The molecule has 19 heavy (non-hydrogen) atoms. The maximum Gasteiger partial charge on any atom is 0.238 e. The number of rotatable bonds is 4. The number of benzene rings is 1. The minimum absolute atomic E-state index is 0.224. The van der Waals surface area contributed by atoms with Crippen LogP contribution >= 0.6 is 0 Å². The maximum atomic E-state index is 12.7. The van der Waals surface area contributed by atoms with Gasteiger partial charge in [-0.15, -0.1) is 0 Å². The molecule has 102 valence electrons. The van der Waals surface area contributed by atoms with E-state index >= 15 is 0 Å². The van der Waals surface area contributed by atoms with Crippen LogP contribution in [-0.4, -0.2) is 18.6 Å². The van der Waals surface area contributed by atoms with Crippen LogP contribution in [0.5, 0.6) is 0 Å². The van der Waals surface area contributed by atoms with Gasteiger partial charge in [0, 0.05) is 11.3 Å². The second-order valence-corrected chi connectivity index (χ2v) is 6.03. The first-order valence-corrected chi connectivity index (χ1v) is 7.29. The Morgan fingerprint density at radius 1 is 1.26 bits per heavy atom. The Labute approximate surface area is 110 Å². The minimum Gasteiger partial charge on any atom is -0.280 e. The summed E-state index contributed by atoms with van der Waals surface area (Å²) in [5.74, 6) is -0.328. The van der Waals surface area contributed by atoms with E-state index in [4.69, 9.17) is 0 Å². The van der Waals surface area contributed by atoms with Crippen LogP contribution < -0.4 is 4.72 Å². The molecule has 0 radical (unpaired) electrons. The van der Waals surface area contributed by atoms with Crippen LogP contribution in [0.25, 0.3) is 0 Å². The molecule has 2 aromatic rings. The van der Waals surface area contributed by atoms with E-state index in [9.17, 15) is 12.8 Å². The third-order valence-corrected chi connectivity index (χ3v) is 3.99. The van der Waals surface area contributed by atoms with Crippen molar-refractivity contribution >= 4 is 15.8 Å². The van der Waals surface area contributed by atoms with Crippen molar-refractivity contribution in [3.63, 3.8) is 0 Å². The third-order valence-electron chi connectivity index (χ3n) is 2.78. The van der Waals surface area contributed by atoms with Gasteiger partial charge in [-0.3, -0.25) is 9.82 Å². The van der Waals surface area contributed by atoms with Gasteiger partial charge in [0.25, 0.3) is 0 Å². The standard InChI is InChI=1S/C12H14FN3O2S/c1-8-9(2)14-15-12(8)16-19(17,18)7-10-3-5-11(13)6-4-10/h3-6H,7H2,1-2H3,(H2,14,15,16). The SMILES string of the molecule is Cc1[nH]nc(NS(=O)(=O)Cc2ccc(F)cc2)c1C. The molecule has 0 bridgehead atoms. The number of aromatic amines is 1. The molecule has 1 aromatic heterocycles. The lowest BCUT2D eigenvalue weighted by Crippen LogP contribution is -2.16. The molecular weight excluding hydrogens is 269 g/mol. The average molecular weight is 283 g/mol. The van der Waals surface area contributed by atoms with Gasteiger partial charge >= 0.3 is 0 Å². The summed E-state index contributed by atoms with van der Waals surface area (Å²) in [4.78, 5) is 0. The Bertz CT molecular complexity index is 678. The highest BCUT2D eigenvalue weighted by molar-refractivity contribution is 7.91. The highest BCUT2D eigenvalue weighted by Crippen LogP contribution is 2.17. The Morgan fingerprint density at radius 2 is 1.89 bits per heavy atom. The lowest BCUT2D eigenvalue weighted by atomic mass is 10.2. The average Bonchev–Trinajstić information content (AvgIpc) is 2.63. The zero-order valence-corrected chi connectivity index (χ0v) is 11.4. The van der Waals surface area contributed by atoms with E-state index in [-0.39, 0.29) is 5.75 Å². The van der Waals surface area contributed by atoms with Crippen molar-refractivity contribution in [2.45, 2.75) is 19.6 Å². The molecule has 0 atom stereocenters. The van der Waals surface area contributed by atoms with Crippen molar-refractivity contribution in [2.24, 2.45) is 0 Å². The number of halogens is 1. The van der Waals surface area contributed by atoms with E-state index in [0.29, 0.717) is 11.4 Å². The lowest BCUT2D eigenvalue weighted by Gasteiger charge is -2.06. The fourth-order valence-electron chi connectivity index (χ4n) is 1.57. The van der Waals surface area contributed by atoms with Crippen molar-refractivity contribution in [1.29, 1.82) is 0 Å². The Hall–Kier alpha value is -1.89. The Balaban J connectivity index is 2.15. The van der Waals surface area contributed by atoms with E-state index in [2.05, 4.69) is 14.9 Å². The van der Waals surface area contributed by atoms with E-state index in [1.807, 2.05) is 0 Å². The summed E-state index contributed by atoms with van der Waals surface area (Å²) in [6.07, 6.45) is 0. The molecule has 0 aliphatic rings. The van der Waals surface area contributed by atoms with Gasteiger partial charge in [0.15, 0.2) is 5.82 Å². The quantitative estimate of drug-likeness (QED) is 0.902. The van der Waals surface area contributed by atoms with Gasteiger partial charge in [-0.05, 0) is 31.5 Å². The highest BCUT2D eigenvalue weighted by Gasteiger charge is 2.15. The van der Waals surface area contributed by atoms with Crippen LogP contribution in [0, 0.1) is 19.7 Å². The molecule has 5 nitrogen and oxygen atoms in total. The summed E-state index contributed by atoms with van der Waals surface area (Å²) in [6.45, 7) is 3.58. The number of H-pyrrole nitrogens is 1. The number of hydrogen-bond acceptors (Lipinski definition) is 3. The lowest BCUT2D eigenvalue weighted by molar-refractivity contribution is 0.599. The molecule has 1 aromatic carbocycles. The first kappa shape index (κ1) is 13.5. The Morgan fingerprint density at radius 3 is 2.42 bits per heavy atom. The van der Waals surface area contributed by atoms with Gasteiger partial charge in [-0.1, -0.05) is 12.1 Å². The normalized spacial score (nSPS) is 11.5. The number of aromatic nitrogens is 2. The zero-order chi connectivity index (χ0) is 14.0. The van der Waals surface area contributed by atoms with E-state index in [1.165, 1.54) is 24.3 Å². The molecule has 7 heteroatoms. The van der Waals surface area contributed by atoms with E-state index < -0.39 is 15.8 Å². The monoisotopic (exact) mass is 283 g/mol.